The van der Waals surface area contributed by atoms with Crippen LogP contribution in [0.3, 0.4) is 0 Å². The second kappa shape index (κ2) is 6.62. The van der Waals surface area contributed by atoms with Crippen molar-refractivity contribution in [1.29, 1.82) is 0 Å². The van der Waals surface area contributed by atoms with Crippen molar-refractivity contribution in [2.24, 2.45) is 0 Å². The van der Waals surface area contributed by atoms with E-state index in [4.69, 9.17) is 4.74 Å². The van der Waals surface area contributed by atoms with Crippen molar-refractivity contribution in [1.82, 2.24) is 5.32 Å². The second-order valence-electron chi connectivity index (χ2n) is 3.13. The zero-order valence-corrected chi connectivity index (χ0v) is 7.27. The highest BCUT2D eigenvalue weighted by molar-refractivity contribution is 4.51. The maximum Gasteiger partial charge on any atom is 0.0591 e. The number of ether oxygens (including phenoxy) is 1. The molecule has 1 aliphatic heterocycles. The van der Waals surface area contributed by atoms with Gasteiger partial charge in [0.25, 0.3) is 0 Å². The Kier molecular flexibility index (Phi) is 5.42. The lowest BCUT2D eigenvalue weighted by molar-refractivity contribution is 0.109. The van der Waals surface area contributed by atoms with Crippen LogP contribution in [0, 0.1) is 0 Å². The molecule has 0 amide bonds. The summed E-state index contributed by atoms with van der Waals surface area (Å²) in [5, 5.41) is 3.16. The van der Waals surface area contributed by atoms with E-state index < -0.39 is 0 Å². The van der Waals surface area contributed by atoms with Gasteiger partial charge in [0.2, 0.25) is 0 Å². The summed E-state index contributed by atoms with van der Waals surface area (Å²) in [4.78, 5) is 0. The van der Waals surface area contributed by atoms with Crippen LogP contribution >= 0.6 is 0 Å². The van der Waals surface area contributed by atoms with Crippen molar-refractivity contribution in [3.8, 4) is 0 Å². The quantitative estimate of drug-likeness (QED) is 0.576. The lowest BCUT2D eigenvalue weighted by Crippen LogP contribution is -2.30. The maximum absolute atomic E-state index is 5.01. The molecule has 0 spiro atoms. The predicted molar refractivity (Wildman–Crippen MR) is 46.8 cm³/mol. The van der Waals surface area contributed by atoms with Crippen molar-refractivity contribution >= 4 is 0 Å². The number of rotatable bonds is 0. The Balaban J connectivity index is 0.000000112. The van der Waals surface area contributed by atoms with Crippen molar-refractivity contribution < 1.29 is 4.74 Å². The van der Waals surface area contributed by atoms with Crippen LogP contribution in [-0.2, 0) is 4.74 Å². The first kappa shape index (κ1) is 9.01. The van der Waals surface area contributed by atoms with Gasteiger partial charge >= 0.3 is 0 Å². The Hall–Kier alpha value is -0.0800. The van der Waals surface area contributed by atoms with Crippen LogP contribution in [0.1, 0.15) is 32.1 Å². The smallest absolute Gasteiger partial charge is 0.0591 e. The summed E-state index contributed by atoms with van der Waals surface area (Å²) < 4.78 is 5.01. The average Bonchev–Trinajstić information content (AvgIpc) is 2.64. The molecule has 2 rings (SSSR count). The molecule has 2 nitrogen and oxygen atoms in total. The fraction of sp³-hybridized carbons (Fsp3) is 1.00. The Morgan fingerprint density at radius 3 is 1.36 bits per heavy atom. The summed E-state index contributed by atoms with van der Waals surface area (Å²) in [5.74, 6) is 0. The predicted octanol–water partition coefficient (Wildman–Crippen LogP) is 1.56. The highest BCUT2D eigenvalue weighted by Crippen LogP contribution is 2.15. The molecule has 0 aromatic carbocycles. The Morgan fingerprint density at radius 2 is 1.18 bits per heavy atom. The van der Waals surface area contributed by atoms with Gasteiger partial charge in [0.05, 0.1) is 13.2 Å². The highest BCUT2D eigenvalue weighted by Gasteiger charge is 1.95. The van der Waals surface area contributed by atoms with E-state index >= 15 is 0 Å². The zero-order valence-electron chi connectivity index (χ0n) is 7.27. The lowest BCUT2D eigenvalue weighted by Gasteiger charge is -2.10. The van der Waals surface area contributed by atoms with Gasteiger partial charge in [-0.15, -0.1) is 0 Å². The van der Waals surface area contributed by atoms with Gasteiger partial charge in [-0.1, -0.05) is 32.1 Å². The molecule has 11 heavy (non-hydrogen) atoms. The molecule has 1 saturated heterocycles. The molecule has 2 fully saturated rings. The largest absolute Gasteiger partial charge is 0.379 e. The Bertz CT molecular complexity index is 58.5. The summed E-state index contributed by atoms with van der Waals surface area (Å²) in [7, 11) is 0. The van der Waals surface area contributed by atoms with E-state index in [1.165, 1.54) is 32.1 Å². The van der Waals surface area contributed by atoms with Crippen molar-refractivity contribution in [3.05, 3.63) is 0 Å². The van der Waals surface area contributed by atoms with Crippen LogP contribution in [0.2, 0.25) is 0 Å². The van der Waals surface area contributed by atoms with E-state index in [1.807, 2.05) is 0 Å². The van der Waals surface area contributed by atoms with E-state index in [2.05, 4.69) is 5.32 Å². The van der Waals surface area contributed by atoms with Crippen LogP contribution in [-0.4, -0.2) is 26.3 Å². The molecule has 1 aliphatic carbocycles. The van der Waals surface area contributed by atoms with Crippen molar-refractivity contribution in [3.63, 3.8) is 0 Å². The number of hydrogen-bond acceptors (Lipinski definition) is 2. The lowest BCUT2D eigenvalue weighted by atomic mass is 10.4. The minimum Gasteiger partial charge on any atom is -0.379 e. The number of nitrogens with one attached hydrogen (secondary N) is 1. The maximum atomic E-state index is 5.01. The number of morpholine rings is 1. The van der Waals surface area contributed by atoms with Crippen LogP contribution in [0.25, 0.3) is 0 Å². The molecular weight excluding hydrogens is 138 g/mol. The standard InChI is InChI=1S/C5H10.C4H9NO/c1-2-4-5-3-1;1-3-6-4-2-5-1/h1-5H2;5H,1-4H2. The van der Waals surface area contributed by atoms with Gasteiger partial charge in [0, 0.05) is 13.1 Å². The van der Waals surface area contributed by atoms with E-state index in [9.17, 15) is 0 Å². The van der Waals surface area contributed by atoms with Gasteiger partial charge in [0.15, 0.2) is 0 Å². The summed E-state index contributed by atoms with van der Waals surface area (Å²) in [6.45, 7) is 3.83. The van der Waals surface area contributed by atoms with Gasteiger partial charge in [-0.05, 0) is 0 Å². The molecule has 1 N–H and O–H groups in total. The molecule has 2 heteroatoms. The van der Waals surface area contributed by atoms with Crippen LogP contribution in [0.15, 0.2) is 0 Å². The molecule has 0 unspecified atom stereocenters. The summed E-state index contributed by atoms with van der Waals surface area (Å²) in [6, 6.07) is 0. The molecule has 66 valence electrons. The van der Waals surface area contributed by atoms with Crippen LogP contribution < -0.4 is 5.32 Å². The third-order valence-corrected chi connectivity index (χ3v) is 2.10. The van der Waals surface area contributed by atoms with E-state index in [1.54, 1.807) is 0 Å². The first-order valence-corrected chi connectivity index (χ1v) is 4.78. The molecule has 1 heterocycles. The molecule has 2 aliphatic rings. The van der Waals surface area contributed by atoms with Gasteiger partial charge in [0.1, 0.15) is 0 Å². The van der Waals surface area contributed by atoms with Crippen molar-refractivity contribution in [2.45, 2.75) is 32.1 Å². The second-order valence-corrected chi connectivity index (χ2v) is 3.13. The van der Waals surface area contributed by atoms with Gasteiger partial charge in [-0.25, -0.2) is 0 Å². The van der Waals surface area contributed by atoms with Gasteiger partial charge < -0.3 is 10.1 Å². The SMILES string of the molecule is C1CCCC1.C1COCCN1. The fourth-order valence-electron chi connectivity index (χ4n) is 1.40. The molecule has 0 atom stereocenters. The van der Waals surface area contributed by atoms with Crippen LogP contribution in [0.4, 0.5) is 0 Å². The summed E-state index contributed by atoms with van der Waals surface area (Å²) >= 11 is 0. The Labute approximate surface area is 69.3 Å². The molecular formula is C9H19NO. The van der Waals surface area contributed by atoms with E-state index in [-0.39, 0.29) is 0 Å². The highest BCUT2D eigenvalue weighted by atomic mass is 16.5. The third kappa shape index (κ3) is 5.22. The molecule has 0 aromatic rings. The monoisotopic (exact) mass is 157 g/mol. The normalized spacial score (nSPS) is 24.0. The van der Waals surface area contributed by atoms with Gasteiger partial charge in [-0.2, -0.15) is 0 Å². The molecule has 1 saturated carbocycles. The van der Waals surface area contributed by atoms with E-state index in [0.29, 0.717) is 0 Å². The van der Waals surface area contributed by atoms with Crippen LogP contribution in [0.5, 0.6) is 0 Å². The zero-order chi connectivity index (χ0) is 7.78. The summed E-state index contributed by atoms with van der Waals surface area (Å²) in [5.41, 5.74) is 0. The fourth-order valence-corrected chi connectivity index (χ4v) is 1.40. The number of hydrogen-bond donors (Lipinski definition) is 1. The topological polar surface area (TPSA) is 21.3 Å². The van der Waals surface area contributed by atoms with Gasteiger partial charge in [-0.3, -0.25) is 0 Å². The minimum absolute atomic E-state index is 0.889. The molecule has 0 bridgehead atoms. The Morgan fingerprint density at radius 1 is 0.727 bits per heavy atom. The van der Waals surface area contributed by atoms with E-state index in [0.717, 1.165) is 26.3 Å². The molecule has 0 radical (unpaired) electrons. The summed E-state index contributed by atoms with van der Waals surface area (Å²) in [6.07, 6.45) is 7.50. The van der Waals surface area contributed by atoms with Crippen molar-refractivity contribution in [2.75, 3.05) is 26.3 Å². The average molecular weight is 157 g/mol. The third-order valence-electron chi connectivity index (χ3n) is 2.10. The molecule has 0 aromatic heterocycles. The first-order chi connectivity index (χ1) is 5.50. The minimum atomic E-state index is 0.889. The first-order valence-electron chi connectivity index (χ1n) is 4.78.